The van der Waals surface area contributed by atoms with Gasteiger partial charge in [0.25, 0.3) is 0 Å². The maximum absolute atomic E-state index is 12.1. The normalized spacial score (nSPS) is 10.3. The van der Waals surface area contributed by atoms with E-state index in [1.54, 1.807) is 6.92 Å². The van der Waals surface area contributed by atoms with Gasteiger partial charge in [0.05, 0.1) is 17.8 Å². The number of benzene rings is 3. The third kappa shape index (κ3) is 4.24. The van der Waals surface area contributed by atoms with E-state index < -0.39 is 0 Å². The molecular formula is C25H23NO3. The van der Waals surface area contributed by atoms with Gasteiger partial charge in [0.15, 0.2) is 5.78 Å². The smallest absolute Gasteiger partial charge is 0.160 e. The molecule has 0 saturated carbocycles. The van der Waals surface area contributed by atoms with E-state index in [9.17, 15) is 9.90 Å². The zero-order valence-corrected chi connectivity index (χ0v) is 16.5. The van der Waals surface area contributed by atoms with Crippen molar-refractivity contribution in [3.8, 4) is 22.4 Å². The second kappa shape index (κ2) is 9.24. The Labute approximate surface area is 170 Å². The van der Waals surface area contributed by atoms with Crippen LogP contribution in [0.3, 0.4) is 0 Å². The summed E-state index contributed by atoms with van der Waals surface area (Å²) in [6.45, 7) is 1.59. The van der Waals surface area contributed by atoms with Crippen molar-refractivity contribution < 1.29 is 15.0 Å². The van der Waals surface area contributed by atoms with Crippen molar-refractivity contribution in [3.05, 3.63) is 90.0 Å². The average Bonchev–Trinajstić information content (AvgIpc) is 2.79. The fourth-order valence-corrected chi connectivity index (χ4v) is 3.37. The Morgan fingerprint density at radius 1 is 0.862 bits per heavy atom. The molecule has 29 heavy (non-hydrogen) atoms. The summed E-state index contributed by atoms with van der Waals surface area (Å²) in [5.41, 5.74) is 6.18. The Kier molecular flexibility index (Phi) is 6.50. The topological polar surface area (TPSA) is 70.4 Å². The third-order valence-corrected chi connectivity index (χ3v) is 4.77. The van der Waals surface area contributed by atoms with Crippen LogP contribution in [0.4, 0.5) is 0 Å². The number of aliphatic hydroxyl groups excluding tert-OH is 2. The van der Waals surface area contributed by atoms with Crippen molar-refractivity contribution in [2.45, 2.75) is 13.5 Å². The lowest BCUT2D eigenvalue weighted by Crippen LogP contribution is -1.97. The van der Waals surface area contributed by atoms with Gasteiger partial charge in [0.1, 0.15) is 0 Å². The molecule has 2 N–H and O–H groups in total. The number of carbonyl (C=O) groups is 1. The predicted molar refractivity (Wildman–Crippen MR) is 117 cm³/mol. The number of nitrogens with zero attached hydrogens (tertiary/aromatic N) is 1. The van der Waals surface area contributed by atoms with Crippen LogP contribution in [0.15, 0.2) is 78.9 Å². The second-order valence-corrected chi connectivity index (χ2v) is 6.52. The van der Waals surface area contributed by atoms with E-state index >= 15 is 0 Å². The largest absolute Gasteiger partial charge is 0.400 e. The van der Waals surface area contributed by atoms with Gasteiger partial charge in [-0.3, -0.25) is 4.79 Å². The monoisotopic (exact) mass is 385 g/mol. The molecular weight excluding hydrogens is 362 g/mol. The lowest BCUT2D eigenvalue weighted by molar-refractivity contribution is 0.101. The lowest BCUT2D eigenvalue weighted by atomic mass is 9.97. The van der Waals surface area contributed by atoms with E-state index in [1.807, 2.05) is 78.9 Å². The van der Waals surface area contributed by atoms with Crippen molar-refractivity contribution in [2.75, 3.05) is 7.11 Å². The first-order valence-corrected chi connectivity index (χ1v) is 9.32. The molecule has 0 aliphatic carbocycles. The Hall–Kier alpha value is -3.34. The molecule has 0 bridgehead atoms. The number of rotatable bonds is 4. The van der Waals surface area contributed by atoms with Gasteiger partial charge in [-0.15, -0.1) is 0 Å². The van der Waals surface area contributed by atoms with Crippen LogP contribution in [0.1, 0.15) is 22.8 Å². The van der Waals surface area contributed by atoms with Crippen molar-refractivity contribution >= 4 is 16.7 Å². The fraction of sp³-hybridized carbons (Fsp3) is 0.120. The fourth-order valence-electron chi connectivity index (χ4n) is 3.37. The summed E-state index contributed by atoms with van der Waals surface area (Å²) < 4.78 is 0. The number of para-hydroxylation sites is 1. The van der Waals surface area contributed by atoms with Crippen LogP contribution in [-0.2, 0) is 6.61 Å². The number of pyridine rings is 1. The summed E-state index contributed by atoms with van der Waals surface area (Å²) >= 11 is 0. The summed E-state index contributed by atoms with van der Waals surface area (Å²) in [6, 6.07) is 25.4. The molecule has 0 unspecified atom stereocenters. The quantitative estimate of drug-likeness (QED) is 0.492. The molecule has 0 atom stereocenters. The van der Waals surface area contributed by atoms with Crippen LogP contribution < -0.4 is 0 Å². The maximum atomic E-state index is 12.1. The lowest BCUT2D eigenvalue weighted by Gasteiger charge is -2.10. The molecule has 0 radical (unpaired) electrons. The zero-order chi connectivity index (χ0) is 20.8. The number of carbonyl (C=O) groups excluding carboxylic acids is 1. The van der Waals surface area contributed by atoms with Crippen molar-refractivity contribution in [1.29, 1.82) is 0 Å². The molecule has 0 aliphatic heterocycles. The Balaban J connectivity index is 0.00000117. The van der Waals surface area contributed by atoms with Crippen molar-refractivity contribution in [1.82, 2.24) is 4.98 Å². The molecule has 4 heteroatoms. The van der Waals surface area contributed by atoms with E-state index in [2.05, 4.69) is 0 Å². The van der Waals surface area contributed by atoms with Gasteiger partial charge in [-0.1, -0.05) is 66.7 Å². The molecule has 4 rings (SSSR count). The van der Waals surface area contributed by atoms with Gasteiger partial charge >= 0.3 is 0 Å². The molecule has 1 aromatic heterocycles. The van der Waals surface area contributed by atoms with Crippen LogP contribution in [0.25, 0.3) is 33.3 Å². The van der Waals surface area contributed by atoms with Gasteiger partial charge in [0.2, 0.25) is 0 Å². The van der Waals surface area contributed by atoms with Gasteiger partial charge in [0, 0.05) is 23.6 Å². The van der Waals surface area contributed by atoms with E-state index in [4.69, 9.17) is 10.1 Å². The van der Waals surface area contributed by atoms with E-state index in [0.717, 1.165) is 46.0 Å². The van der Waals surface area contributed by atoms with E-state index in [-0.39, 0.29) is 12.4 Å². The highest BCUT2D eigenvalue weighted by Gasteiger charge is 2.11. The Morgan fingerprint density at radius 3 is 2.17 bits per heavy atom. The number of Topliss-reactive ketones (excluding diaryl/α,β-unsaturated/α-hetero) is 1. The molecule has 4 aromatic rings. The number of ketones is 1. The van der Waals surface area contributed by atoms with Gasteiger partial charge in [-0.05, 0) is 35.7 Å². The molecule has 0 saturated heterocycles. The Bertz CT molecular complexity index is 1130. The van der Waals surface area contributed by atoms with Gasteiger partial charge in [-0.2, -0.15) is 0 Å². The molecule has 4 nitrogen and oxygen atoms in total. The molecule has 146 valence electrons. The summed E-state index contributed by atoms with van der Waals surface area (Å²) in [6.07, 6.45) is 0. The van der Waals surface area contributed by atoms with Crippen molar-refractivity contribution in [3.63, 3.8) is 0 Å². The first-order chi connectivity index (χ1) is 14.2. The summed E-state index contributed by atoms with van der Waals surface area (Å²) in [5, 5.41) is 17.4. The number of hydrogen-bond donors (Lipinski definition) is 2. The van der Waals surface area contributed by atoms with E-state index in [1.165, 1.54) is 0 Å². The first-order valence-electron chi connectivity index (χ1n) is 9.32. The maximum Gasteiger partial charge on any atom is 0.160 e. The summed E-state index contributed by atoms with van der Waals surface area (Å²) in [7, 11) is 1.00. The van der Waals surface area contributed by atoms with Crippen LogP contribution >= 0.6 is 0 Å². The minimum absolute atomic E-state index is 0.00608. The minimum Gasteiger partial charge on any atom is -0.400 e. The molecule has 0 fully saturated rings. The van der Waals surface area contributed by atoms with Gasteiger partial charge < -0.3 is 10.2 Å². The molecule has 1 heterocycles. The second-order valence-electron chi connectivity index (χ2n) is 6.52. The van der Waals surface area contributed by atoms with Gasteiger partial charge in [-0.25, -0.2) is 4.98 Å². The van der Waals surface area contributed by atoms with Crippen LogP contribution in [0, 0.1) is 0 Å². The Morgan fingerprint density at radius 2 is 1.48 bits per heavy atom. The van der Waals surface area contributed by atoms with Crippen LogP contribution in [0.2, 0.25) is 0 Å². The number of fused-ring (bicyclic) bond motifs is 1. The number of aliphatic hydroxyl groups is 2. The molecule has 0 aliphatic rings. The summed E-state index contributed by atoms with van der Waals surface area (Å²) in [5.74, 6) is 0.0309. The molecule has 0 spiro atoms. The molecule has 3 aromatic carbocycles. The van der Waals surface area contributed by atoms with Crippen LogP contribution in [-0.4, -0.2) is 28.1 Å². The average molecular weight is 385 g/mol. The predicted octanol–water partition coefficient (Wildman–Crippen LogP) is 4.87. The standard InChI is InChI=1S/C24H19NO2.CH4O/c1-16(27)22-14-24(25-23-9-5-4-8-21(22)23)18-12-10-17(11-13-18)20-7-3-2-6-19(20)15-26;1-2/h2-14,26H,15H2,1H3;2H,1H3. The highest BCUT2D eigenvalue weighted by atomic mass is 16.3. The minimum atomic E-state index is 0.00608. The third-order valence-electron chi connectivity index (χ3n) is 4.77. The first kappa shape index (κ1) is 20.4. The van der Waals surface area contributed by atoms with E-state index in [0.29, 0.717) is 5.56 Å². The van der Waals surface area contributed by atoms with Crippen molar-refractivity contribution in [2.24, 2.45) is 0 Å². The highest BCUT2D eigenvalue weighted by Crippen LogP contribution is 2.29. The molecule has 0 amide bonds. The SMILES string of the molecule is CC(=O)c1cc(-c2ccc(-c3ccccc3CO)cc2)nc2ccccc12.CO. The summed E-state index contributed by atoms with van der Waals surface area (Å²) in [4.78, 5) is 16.8. The number of hydrogen-bond acceptors (Lipinski definition) is 4. The van der Waals surface area contributed by atoms with Crippen LogP contribution in [0.5, 0.6) is 0 Å². The number of aromatic nitrogens is 1. The highest BCUT2D eigenvalue weighted by molar-refractivity contribution is 6.07. The zero-order valence-electron chi connectivity index (χ0n) is 16.5.